The van der Waals surface area contributed by atoms with Gasteiger partial charge in [0.25, 0.3) is 5.91 Å². The Morgan fingerprint density at radius 1 is 1.56 bits per heavy atom. The normalized spacial score (nSPS) is 10.7. The van der Waals surface area contributed by atoms with Gasteiger partial charge in [-0.2, -0.15) is 0 Å². The number of amides is 1. The maximum Gasteiger partial charge on any atom is 0.254 e. The molecule has 2 N–H and O–H groups in total. The molecule has 98 valence electrons. The summed E-state index contributed by atoms with van der Waals surface area (Å²) in [6.07, 6.45) is 0. The van der Waals surface area contributed by atoms with E-state index in [9.17, 15) is 9.90 Å². The van der Waals surface area contributed by atoms with Gasteiger partial charge in [-0.3, -0.25) is 4.79 Å². The van der Waals surface area contributed by atoms with Crippen LogP contribution in [-0.2, 0) is 0 Å². The lowest BCUT2D eigenvalue weighted by atomic mass is 10.1. The molecule has 5 heteroatoms. The SMILES string of the molecule is CN(CC(C)(C)O)C(=O)c1csc(C#CCO)c1. The van der Waals surface area contributed by atoms with Crippen molar-refractivity contribution < 1.29 is 15.0 Å². The predicted octanol–water partition coefficient (Wildman–Crippen LogP) is 0.935. The first-order chi connectivity index (χ1) is 8.33. The molecule has 0 aliphatic heterocycles. The van der Waals surface area contributed by atoms with Crippen LogP contribution in [-0.4, -0.2) is 46.8 Å². The molecule has 0 aliphatic carbocycles. The van der Waals surface area contributed by atoms with Crippen LogP contribution in [0.3, 0.4) is 0 Å². The summed E-state index contributed by atoms with van der Waals surface area (Å²) >= 11 is 1.36. The fraction of sp³-hybridized carbons (Fsp3) is 0.462. The van der Waals surface area contributed by atoms with Gasteiger partial charge in [-0.05, 0) is 19.9 Å². The number of carbonyl (C=O) groups is 1. The predicted molar refractivity (Wildman–Crippen MR) is 71.5 cm³/mol. The largest absolute Gasteiger partial charge is 0.389 e. The van der Waals surface area contributed by atoms with Crippen LogP contribution >= 0.6 is 11.3 Å². The zero-order valence-electron chi connectivity index (χ0n) is 10.7. The first-order valence-electron chi connectivity index (χ1n) is 5.49. The molecule has 0 radical (unpaired) electrons. The molecule has 0 spiro atoms. The smallest absolute Gasteiger partial charge is 0.254 e. The minimum Gasteiger partial charge on any atom is -0.389 e. The summed E-state index contributed by atoms with van der Waals surface area (Å²) in [4.78, 5) is 14.3. The molecular weight excluding hydrogens is 250 g/mol. The van der Waals surface area contributed by atoms with Gasteiger partial charge < -0.3 is 15.1 Å². The van der Waals surface area contributed by atoms with E-state index in [0.717, 1.165) is 4.88 Å². The highest BCUT2D eigenvalue weighted by molar-refractivity contribution is 7.10. The average molecular weight is 267 g/mol. The molecule has 1 aromatic rings. The molecule has 18 heavy (non-hydrogen) atoms. The van der Waals surface area contributed by atoms with Crippen molar-refractivity contribution >= 4 is 17.2 Å². The first kappa shape index (κ1) is 14.7. The highest BCUT2D eigenvalue weighted by Gasteiger charge is 2.20. The van der Waals surface area contributed by atoms with Gasteiger partial charge in [-0.25, -0.2) is 0 Å². The number of aliphatic hydroxyl groups is 2. The molecule has 1 aromatic heterocycles. The van der Waals surface area contributed by atoms with Crippen LogP contribution in [0.25, 0.3) is 0 Å². The molecule has 1 amide bonds. The molecule has 0 atom stereocenters. The zero-order chi connectivity index (χ0) is 13.8. The van der Waals surface area contributed by atoms with Crippen LogP contribution in [0.4, 0.5) is 0 Å². The lowest BCUT2D eigenvalue weighted by molar-refractivity contribution is 0.0368. The molecule has 0 saturated heterocycles. The number of carbonyl (C=O) groups excluding carboxylic acids is 1. The van der Waals surface area contributed by atoms with Crippen LogP contribution in [0.1, 0.15) is 29.1 Å². The first-order valence-corrected chi connectivity index (χ1v) is 6.37. The van der Waals surface area contributed by atoms with E-state index < -0.39 is 5.60 Å². The van der Waals surface area contributed by atoms with Crippen molar-refractivity contribution in [3.8, 4) is 11.8 Å². The highest BCUT2D eigenvalue weighted by Crippen LogP contribution is 2.16. The summed E-state index contributed by atoms with van der Waals surface area (Å²) < 4.78 is 0. The third-order valence-electron chi connectivity index (χ3n) is 2.11. The topological polar surface area (TPSA) is 60.8 Å². The Bertz CT molecular complexity index is 476. The lowest BCUT2D eigenvalue weighted by Gasteiger charge is -2.25. The van der Waals surface area contributed by atoms with Gasteiger partial charge in [0.2, 0.25) is 0 Å². The van der Waals surface area contributed by atoms with Gasteiger partial charge >= 0.3 is 0 Å². The fourth-order valence-electron chi connectivity index (χ4n) is 1.51. The standard InChI is InChI=1S/C13H17NO3S/c1-13(2,17)9-14(3)12(16)10-7-11(18-8-10)5-4-6-15/h7-8,15,17H,6,9H2,1-3H3. The highest BCUT2D eigenvalue weighted by atomic mass is 32.1. The third-order valence-corrected chi connectivity index (χ3v) is 2.95. The molecule has 0 bridgehead atoms. The van der Waals surface area contributed by atoms with Crippen molar-refractivity contribution in [2.75, 3.05) is 20.2 Å². The zero-order valence-corrected chi connectivity index (χ0v) is 11.5. The van der Waals surface area contributed by atoms with Crippen LogP contribution in [0.5, 0.6) is 0 Å². The van der Waals surface area contributed by atoms with Crippen molar-refractivity contribution in [1.29, 1.82) is 0 Å². The summed E-state index contributed by atoms with van der Waals surface area (Å²) in [6, 6.07) is 1.69. The maximum atomic E-state index is 12.0. The van der Waals surface area contributed by atoms with Crippen molar-refractivity contribution in [2.24, 2.45) is 0 Å². The number of nitrogens with zero attached hydrogens (tertiary/aromatic N) is 1. The Kier molecular flexibility index (Phi) is 4.91. The summed E-state index contributed by atoms with van der Waals surface area (Å²) in [5, 5.41) is 20.0. The van der Waals surface area contributed by atoms with Crippen LogP contribution < -0.4 is 0 Å². The van der Waals surface area contributed by atoms with Crippen molar-refractivity contribution in [1.82, 2.24) is 4.90 Å². The number of likely N-dealkylation sites (N-methyl/N-ethyl adjacent to an activating group) is 1. The number of hydrogen-bond acceptors (Lipinski definition) is 4. The van der Waals surface area contributed by atoms with E-state index in [1.807, 2.05) is 0 Å². The monoisotopic (exact) mass is 267 g/mol. The second-order valence-corrected chi connectivity index (χ2v) is 5.54. The molecule has 0 unspecified atom stereocenters. The van der Waals surface area contributed by atoms with Gasteiger partial charge in [0.15, 0.2) is 0 Å². The summed E-state index contributed by atoms with van der Waals surface area (Å²) in [7, 11) is 1.65. The summed E-state index contributed by atoms with van der Waals surface area (Å²) in [5.74, 6) is 5.14. The van der Waals surface area contributed by atoms with E-state index >= 15 is 0 Å². The number of rotatable bonds is 3. The average Bonchev–Trinajstić information content (AvgIpc) is 2.71. The quantitative estimate of drug-likeness (QED) is 0.801. The van der Waals surface area contributed by atoms with Gasteiger partial charge in [-0.15, -0.1) is 11.3 Å². The Morgan fingerprint density at radius 3 is 2.78 bits per heavy atom. The molecule has 0 saturated carbocycles. The summed E-state index contributed by atoms with van der Waals surface area (Å²) in [5.41, 5.74) is -0.367. The molecule has 0 fully saturated rings. The van der Waals surface area contributed by atoms with Crippen LogP contribution in [0, 0.1) is 11.8 Å². The van der Waals surface area contributed by atoms with Gasteiger partial charge in [0, 0.05) is 19.0 Å². The minimum atomic E-state index is -0.917. The second kappa shape index (κ2) is 6.01. The van der Waals surface area contributed by atoms with E-state index in [-0.39, 0.29) is 19.1 Å². The van der Waals surface area contributed by atoms with Crippen molar-refractivity contribution in [3.63, 3.8) is 0 Å². The fourth-order valence-corrected chi connectivity index (χ4v) is 2.26. The van der Waals surface area contributed by atoms with Crippen molar-refractivity contribution in [2.45, 2.75) is 19.4 Å². The molecule has 1 rings (SSSR count). The Morgan fingerprint density at radius 2 is 2.22 bits per heavy atom. The van der Waals surface area contributed by atoms with Gasteiger partial charge in [-0.1, -0.05) is 11.8 Å². The Balaban J connectivity index is 2.75. The summed E-state index contributed by atoms with van der Waals surface area (Å²) in [6.45, 7) is 3.38. The van der Waals surface area contributed by atoms with E-state index in [2.05, 4.69) is 11.8 Å². The lowest BCUT2D eigenvalue weighted by Crippen LogP contribution is -2.39. The van der Waals surface area contributed by atoms with E-state index in [0.29, 0.717) is 5.56 Å². The van der Waals surface area contributed by atoms with E-state index in [1.165, 1.54) is 16.2 Å². The van der Waals surface area contributed by atoms with E-state index in [4.69, 9.17) is 5.11 Å². The molecule has 0 aliphatic rings. The van der Waals surface area contributed by atoms with Crippen LogP contribution in [0.15, 0.2) is 11.4 Å². The molecule has 1 heterocycles. The molecular formula is C13H17NO3S. The molecule has 0 aromatic carbocycles. The number of thiophene rings is 1. The van der Waals surface area contributed by atoms with Crippen molar-refractivity contribution in [3.05, 3.63) is 21.9 Å². The third kappa shape index (κ3) is 4.49. The number of hydrogen-bond donors (Lipinski definition) is 2. The van der Waals surface area contributed by atoms with Gasteiger partial charge in [0.1, 0.15) is 6.61 Å². The molecule has 4 nitrogen and oxygen atoms in total. The second-order valence-electron chi connectivity index (χ2n) is 4.63. The number of aliphatic hydroxyl groups excluding tert-OH is 1. The maximum absolute atomic E-state index is 12.0. The van der Waals surface area contributed by atoms with Gasteiger partial charge in [0.05, 0.1) is 16.0 Å². The minimum absolute atomic E-state index is 0.148. The Hall–Kier alpha value is -1.35. The Labute approximate surface area is 111 Å². The van der Waals surface area contributed by atoms with Crippen LogP contribution in [0.2, 0.25) is 0 Å². The van der Waals surface area contributed by atoms with E-state index in [1.54, 1.807) is 32.3 Å².